The molecular weight excluding hydrogens is 457 g/mol. The summed E-state index contributed by atoms with van der Waals surface area (Å²) in [6.45, 7) is 10.7. The molecule has 8 nitrogen and oxygen atoms in total. The second kappa shape index (κ2) is 8.81. The van der Waals surface area contributed by atoms with E-state index >= 15 is 0 Å². The molecule has 1 aliphatic rings. The number of fused-ring (bicyclic) bond motifs is 2. The molecule has 9 heteroatoms. The van der Waals surface area contributed by atoms with Gasteiger partial charge in [0.15, 0.2) is 11.5 Å². The first-order valence-electron chi connectivity index (χ1n) is 12.3. The molecule has 4 heterocycles. The topological polar surface area (TPSA) is 89.7 Å². The summed E-state index contributed by atoms with van der Waals surface area (Å²) in [5.41, 5.74) is 3.51. The first-order valence-corrected chi connectivity index (χ1v) is 12.3. The van der Waals surface area contributed by atoms with Gasteiger partial charge in [-0.05, 0) is 69.1 Å². The summed E-state index contributed by atoms with van der Waals surface area (Å²) in [6.07, 6.45) is 2.50. The van der Waals surface area contributed by atoms with E-state index in [2.05, 4.69) is 41.6 Å². The molecule has 1 aliphatic heterocycles. The third-order valence-corrected chi connectivity index (χ3v) is 6.95. The maximum atomic E-state index is 13.7. The van der Waals surface area contributed by atoms with E-state index in [1.54, 1.807) is 41.5 Å². The Hall–Kier alpha value is -3.59. The lowest BCUT2D eigenvalue weighted by Crippen LogP contribution is -2.42. The van der Waals surface area contributed by atoms with E-state index in [1.165, 1.54) is 11.1 Å². The molecule has 0 bridgehead atoms. The average molecular weight is 490 g/mol. The van der Waals surface area contributed by atoms with E-state index in [1.807, 2.05) is 19.1 Å². The van der Waals surface area contributed by atoms with Crippen molar-refractivity contribution in [2.75, 3.05) is 18.5 Å². The van der Waals surface area contributed by atoms with Gasteiger partial charge in [0.05, 0.1) is 5.69 Å². The van der Waals surface area contributed by atoms with Crippen molar-refractivity contribution in [2.45, 2.75) is 58.5 Å². The second-order valence-electron chi connectivity index (χ2n) is 10.5. The van der Waals surface area contributed by atoms with Gasteiger partial charge in [0.2, 0.25) is 5.95 Å². The highest BCUT2D eigenvalue weighted by atomic mass is 19.1. The largest absolute Gasteiger partial charge is 0.324 e. The average Bonchev–Trinajstić information content (AvgIpc) is 3.14. The Morgan fingerprint density at radius 3 is 2.75 bits per heavy atom. The number of aromatic nitrogens is 5. The van der Waals surface area contributed by atoms with Gasteiger partial charge in [-0.25, -0.2) is 19.3 Å². The summed E-state index contributed by atoms with van der Waals surface area (Å²) in [5, 5.41) is 7.26. The summed E-state index contributed by atoms with van der Waals surface area (Å²) in [6, 6.07) is 11.7. The van der Waals surface area contributed by atoms with E-state index in [-0.39, 0.29) is 11.1 Å². The normalized spacial score (nSPS) is 15.2. The van der Waals surface area contributed by atoms with Crippen molar-refractivity contribution >= 4 is 22.7 Å². The second-order valence-corrected chi connectivity index (χ2v) is 10.5. The maximum Gasteiger partial charge on any atom is 0.278 e. The van der Waals surface area contributed by atoms with E-state index < -0.39 is 12.1 Å². The highest BCUT2D eigenvalue weighted by Crippen LogP contribution is 2.31. The van der Waals surface area contributed by atoms with E-state index in [4.69, 9.17) is 9.97 Å². The smallest absolute Gasteiger partial charge is 0.278 e. The molecule has 1 aromatic carbocycles. The molecule has 4 aromatic rings. The molecule has 0 fully saturated rings. The van der Waals surface area contributed by atoms with Gasteiger partial charge in [-0.2, -0.15) is 4.98 Å². The number of rotatable bonds is 6. The molecule has 0 saturated heterocycles. The van der Waals surface area contributed by atoms with Gasteiger partial charge in [0.25, 0.3) is 5.56 Å². The summed E-state index contributed by atoms with van der Waals surface area (Å²) in [4.78, 5) is 27.0. The fourth-order valence-corrected chi connectivity index (χ4v) is 4.82. The van der Waals surface area contributed by atoms with Crippen LogP contribution in [0.5, 0.6) is 0 Å². The molecule has 0 saturated carbocycles. The first-order chi connectivity index (χ1) is 17.1. The lowest BCUT2D eigenvalue weighted by atomic mass is 9.85. The molecule has 0 radical (unpaired) electrons. The van der Waals surface area contributed by atoms with Crippen molar-refractivity contribution < 1.29 is 4.39 Å². The van der Waals surface area contributed by atoms with Crippen LogP contribution in [0.15, 0.2) is 47.4 Å². The highest BCUT2D eigenvalue weighted by Gasteiger charge is 2.27. The quantitative estimate of drug-likeness (QED) is 0.418. The van der Waals surface area contributed by atoms with Gasteiger partial charge in [0, 0.05) is 29.4 Å². The Kier molecular flexibility index (Phi) is 5.90. The number of alkyl halides is 1. The van der Waals surface area contributed by atoms with Crippen LogP contribution in [0.1, 0.15) is 51.4 Å². The van der Waals surface area contributed by atoms with Gasteiger partial charge >= 0.3 is 0 Å². The SMILES string of the molecule is CCn1c(=O)c2cnc(Nc3ccc4c(c3)CCNC4(C)C)nc2n1-c1cccc(C(C)(C)CF)n1. The van der Waals surface area contributed by atoms with Gasteiger partial charge in [-0.15, -0.1) is 0 Å². The number of halogens is 1. The van der Waals surface area contributed by atoms with Crippen LogP contribution in [-0.4, -0.2) is 37.5 Å². The van der Waals surface area contributed by atoms with E-state index in [0.29, 0.717) is 35.0 Å². The number of anilines is 2. The van der Waals surface area contributed by atoms with Crippen molar-refractivity contribution in [3.8, 4) is 5.82 Å². The molecule has 188 valence electrons. The first kappa shape index (κ1) is 24.1. The van der Waals surface area contributed by atoms with Crippen LogP contribution >= 0.6 is 0 Å². The number of pyridine rings is 1. The molecule has 0 amide bonds. The maximum absolute atomic E-state index is 13.7. The van der Waals surface area contributed by atoms with E-state index in [9.17, 15) is 9.18 Å². The number of hydrogen-bond donors (Lipinski definition) is 2. The number of benzene rings is 1. The van der Waals surface area contributed by atoms with Crippen molar-refractivity contribution in [1.29, 1.82) is 0 Å². The lowest BCUT2D eigenvalue weighted by Gasteiger charge is -2.34. The van der Waals surface area contributed by atoms with E-state index in [0.717, 1.165) is 18.7 Å². The van der Waals surface area contributed by atoms with Gasteiger partial charge in [-0.1, -0.05) is 26.0 Å². The number of nitrogens with one attached hydrogen (secondary N) is 2. The third kappa shape index (κ3) is 4.07. The Bertz CT molecular complexity index is 1500. The fourth-order valence-electron chi connectivity index (χ4n) is 4.82. The van der Waals surface area contributed by atoms with Crippen LogP contribution in [0, 0.1) is 0 Å². The minimum atomic E-state index is -0.742. The molecule has 0 aliphatic carbocycles. The Balaban J connectivity index is 1.58. The molecule has 0 atom stereocenters. The van der Waals surface area contributed by atoms with Crippen molar-refractivity contribution in [3.05, 3.63) is 69.8 Å². The summed E-state index contributed by atoms with van der Waals surface area (Å²) in [7, 11) is 0. The Morgan fingerprint density at radius 1 is 1.19 bits per heavy atom. The Labute approximate surface area is 209 Å². The number of nitrogens with zero attached hydrogens (tertiary/aromatic N) is 5. The molecular formula is C27H32FN7O. The van der Waals surface area contributed by atoms with Gasteiger partial charge in [-0.3, -0.25) is 9.18 Å². The third-order valence-electron chi connectivity index (χ3n) is 6.95. The molecule has 3 aromatic heterocycles. The van der Waals surface area contributed by atoms with Crippen LogP contribution in [-0.2, 0) is 23.9 Å². The van der Waals surface area contributed by atoms with Crippen LogP contribution in [0.3, 0.4) is 0 Å². The molecule has 5 rings (SSSR count). The monoisotopic (exact) mass is 489 g/mol. The lowest BCUT2D eigenvalue weighted by molar-refractivity contribution is 0.344. The van der Waals surface area contributed by atoms with Crippen molar-refractivity contribution in [1.82, 2.24) is 29.6 Å². The minimum Gasteiger partial charge on any atom is -0.324 e. The van der Waals surface area contributed by atoms with Gasteiger partial charge < -0.3 is 10.6 Å². The fraction of sp³-hybridized carbons (Fsp3) is 0.407. The summed E-state index contributed by atoms with van der Waals surface area (Å²) < 4.78 is 16.9. The Morgan fingerprint density at radius 2 is 2.00 bits per heavy atom. The highest BCUT2D eigenvalue weighted by molar-refractivity contribution is 5.77. The predicted molar refractivity (Wildman–Crippen MR) is 140 cm³/mol. The zero-order valence-electron chi connectivity index (χ0n) is 21.4. The summed E-state index contributed by atoms with van der Waals surface area (Å²) in [5.74, 6) is 0.897. The standard InChI is InChI=1S/C27H32FN7O/c1-6-34-24(36)19-15-29-25(31-18-10-11-20-17(14-18)12-13-30-27(20,4)5)33-23(19)35(34)22-9-7-8-21(32-22)26(2,3)16-28/h7-11,14-15,30H,6,12-13,16H2,1-5H3,(H,29,31,33). The number of hydrogen-bond acceptors (Lipinski definition) is 6. The van der Waals surface area contributed by atoms with Gasteiger partial charge in [0.1, 0.15) is 12.1 Å². The predicted octanol–water partition coefficient (Wildman–Crippen LogP) is 4.37. The molecule has 36 heavy (non-hydrogen) atoms. The summed E-state index contributed by atoms with van der Waals surface area (Å²) >= 11 is 0. The van der Waals surface area contributed by atoms with Crippen LogP contribution in [0.4, 0.5) is 16.0 Å². The zero-order chi connectivity index (χ0) is 25.7. The zero-order valence-corrected chi connectivity index (χ0v) is 21.4. The minimum absolute atomic E-state index is 0.0705. The molecule has 0 unspecified atom stereocenters. The van der Waals surface area contributed by atoms with Crippen LogP contribution in [0.2, 0.25) is 0 Å². The van der Waals surface area contributed by atoms with Crippen molar-refractivity contribution in [2.24, 2.45) is 0 Å². The molecule has 2 N–H and O–H groups in total. The van der Waals surface area contributed by atoms with Crippen LogP contribution in [0.25, 0.3) is 16.9 Å². The van der Waals surface area contributed by atoms with Crippen LogP contribution < -0.4 is 16.2 Å². The molecule has 0 spiro atoms. The van der Waals surface area contributed by atoms with Crippen molar-refractivity contribution in [3.63, 3.8) is 0 Å².